The molecule has 0 atom stereocenters. The molecule has 0 saturated heterocycles. The number of aromatic nitrogens is 1. The summed E-state index contributed by atoms with van der Waals surface area (Å²) in [4.78, 5) is 4.01. The number of nitrogen functional groups attached to an aromatic ring is 1. The van der Waals surface area contributed by atoms with Crippen molar-refractivity contribution in [3.05, 3.63) is 47.1 Å². The van der Waals surface area contributed by atoms with Gasteiger partial charge >= 0.3 is 0 Å². The molecule has 3 nitrogen and oxygen atoms in total. The summed E-state index contributed by atoms with van der Waals surface area (Å²) in [5.74, 6) is 1.11. The Morgan fingerprint density at radius 1 is 1.19 bits per heavy atom. The van der Waals surface area contributed by atoms with Crippen LogP contribution in [0.15, 0.2) is 36.4 Å². The maximum absolute atomic E-state index is 5.77. The quantitative estimate of drug-likeness (QED) is 0.810. The number of hydrogen-bond acceptors (Lipinski definition) is 3. The van der Waals surface area contributed by atoms with Crippen molar-refractivity contribution in [2.75, 3.05) is 5.73 Å². The third kappa shape index (κ3) is 2.64. The van der Waals surface area contributed by atoms with Crippen LogP contribution in [0, 0.1) is 6.92 Å². The van der Waals surface area contributed by atoms with E-state index in [9.17, 15) is 0 Å². The van der Waals surface area contributed by atoms with E-state index in [0.29, 0.717) is 22.5 Å². The first kappa shape index (κ1) is 10.8. The number of rotatable bonds is 2. The van der Waals surface area contributed by atoms with Crippen LogP contribution in [-0.4, -0.2) is 4.98 Å². The van der Waals surface area contributed by atoms with Crippen molar-refractivity contribution >= 4 is 17.3 Å². The van der Waals surface area contributed by atoms with Gasteiger partial charge in [-0.2, -0.15) is 0 Å². The van der Waals surface area contributed by atoms with Crippen molar-refractivity contribution in [2.45, 2.75) is 6.92 Å². The summed E-state index contributed by atoms with van der Waals surface area (Å²) in [5.41, 5.74) is 7.33. The maximum Gasteiger partial charge on any atom is 0.222 e. The van der Waals surface area contributed by atoms with Crippen LogP contribution in [0.2, 0.25) is 5.15 Å². The fraction of sp³-hybridized carbons (Fsp3) is 0.0833. The van der Waals surface area contributed by atoms with E-state index in [1.807, 2.05) is 31.2 Å². The minimum Gasteiger partial charge on any atom is -0.439 e. The lowest BCUT2D eigenvalue weighted by molar-refractivity contribution is 0.463. The van der Waals surface area contributed by atoms with Crippen LogP contribution in [-0.2, 0) is 0 Å². The van der Waals surface area contributed by atoms with Crippen molar-refractivity contribution in [2.24, 2.45) is 0 Å². The zero-order valence-corrected chi connectivity index (χ0v) is 9.53. The molecular weight excluding hydrogens is 224 g/mol. The number of pyridine rings is 1. The molecule has 1 heterocycles. The summed E-state index contributed by atoms with van der Waals surface area (Å²) < 4.78 is 5.52. The smallest absolute Gasteiger partial charge is 0.222 e. The molecule has 2 aromatic rings. The van der Waals surface area contributed by atoms with E-state index in [1.54, 1.807) is 12.1 Å². The van der Waals surface area contributed by atoms with Crippen LogP contribution in [0.25, 0.3) is 0 Å². The van der Waals surface area contributed by atoms with E-state index in [4.69, 9.17) is 22.1 Å². The average molecular weight is 235 g/mol. The topological polar surface area (TPSA) is 48.1 Å². The summed E-state index contributed by atoms with van der Waals surface area (Å²) in [6, 6.07) is 10.9. The van der Waals surface area contributed by atoms with E-state index in [-0.39, 0.29) is 0 Å². The van der Waals surface area contributed by atoms with Gasteiger partial charge in [-0.25, -0.2) is 4.98 Å². The molecule has 0 bridgehead atoms. The van der Waals surface area contributed by atoms with E-state index in [1.165, 1.54) is 5.56 Å². The number of anilines is 1. The molecule has 4 heteroatoms. The van der Waals surface area contributed by atoms with Gasteiger partial charge in [-0.15, -0.1) is 0 Å². The molecule has 0 saturated carbocycles. The SMILES string of the molecule is Cc1ccc(Oc2cc(N)cc(Cl)n2)cc1. The van der Waals surface area contributed by atoms with Gasteiger partial charge in [0.15, 0.2) is 0 Å². The van der Waals surface area contributed by atoms with Gasteiger partial charge in [-0.1, -0.05) is 29.3 Å². The lowest BCUT2D eigenvalue weighted by atomic mass is 10.2. The molecule has 82 valence electrons. The number of halogens is 1. The minimum atomic E-state index is 0.321. The van der Waals surface area contributed by atoms with Crippen LogP contribution in [0.4, 0.5) is 5.69 Å². The van der Waals surface area contributed by atoms with E-state index in [0.717, 1.165) is 0 Å². The zero-order chi connectivity index (χ0) is 11.5. The second-order valence-corrected chi connectivity index (χ2v) is 3.86. The Balaban J connectivity index is 2.23. The number of benzene rings is 1. The highest BCUT2D eigenvalue weighted by Gasteiger charge is 2.01. The van der Waals surface area contributed by atoms with Gasteiger partial charge in [0, 0.05) is 11.8 Å². The Hall–Kier alpha value is -1.74. The fourth-order valence-corrected chi connectivity index (χ4v) is 1.48. The van der Waals surface area contributed by atoms with Gasteiger partial charge in [0.05, 0.1) is 0 Å². The van der Waals surface area contributed by atoms with Crippen molar-refractivity contribution in [3.8, 4) is 11.6 Å². The largest absolute Gasteiger partial charge is 0.439 e. The lowest BCUT2D eigenvalue weighted by Gasteiger charge is -2.05. The normalized spacial score (nSPS) is 10.1. The average Bonchev–Trinajstić information content (AvgIpc) is 2.20. The molecule has 2 N–H and O–H groups in total. The third-order valence-electron chi connectivity index (χ3n) is 2.04. The Bertz CT molecular complexity index is 477. The molecule has 0 radical (unpaired) electrons. The summed E-state index contributed by atoms with van der Waals surface area (Å²) in [6.45, 7) is 2.01. The highest BCUT2D eigenvalue weighted by Crippen LogP contribution is 2.23. The fourth-order valence-electron chi connectivity index (χ4n) is 1.27. The lowest BCUT2D eigenvalue weighted by Crippen LogP contribution is -1.91. The first-order valence-electron chi connectivity index (χ1n) is 4.81. The Kier molecular flexibility index (Phi) is 2.97. The van der Waals surface area contributed by atoms with E-state index in [2.05, 4.69) is 4.98 Å². The molecule has 0 aliphatic rings. The van der Waals surface area contributed by atoms with Gasteiger partial charge < -0.3 is 10.5 Å². The summed E-state index contributed by atoms with van der Waals surface area (Å²) in [6.07, 6.45) is 0. The standard InChI is InChI=1S/C12H11ClN2O/c1-8-2-4-10(5-3-8)16-12-7-9(14)6-11(13)15-12/h2-7H,1H3,(H2,14,15). The molecule has 0 aliphatic heterocycles. The molecule has 0 amide bonds. The molecule has 1 aromatic heterocycles. The van der Waals surface area contributed by atoms with Gasteiger partial charge in [0.2, 0.25) is 5.88 Å². The first-order chi connectivity index (χ1) is 7.63. The Morgan fingerprint density at radius 2 is 1.88 bits per heavy atom. The van der Waals surface area contributed by atoms with Crippen LogP contribution >= 0.6 is 11.6 Å². The zero-order valence-electron chi connectivity index (χ0n) is 8.77. The summed E-state index contributed by atoms with van der Waals surface area (Å²) in [5, 5.41) is 0.321. The molecule has 0 aliphatic carbocycles. The second kappa shape index (κ2) is 4.41. The minimum absolute atomic E-state index is 0.321. The van der Waals surface area contributed by atoms with Crippen LogP contribution in [0.1, 0.15) is 5.56 Å². The van der Waals surface area contributed by atoms with E-state index < -0.39 is 0 Å². The second-order valence-electron chi connectivity index (χ2n) is 3.48. The number of hydrogen-bond donors (Lipinski definition) is 1. The van der Waals surface area contributed by atoms with Gasteiger partial charge in [-0.3, -0.25) is 0 Å². The van der Waals surface area contributed by atoms with Crippen LogP contribution < -0.4 is 10.5 Å². The van der Waals surface area contributed by atoms with Crippen molar-refractivity contribution in [1.29, 1.82) is 0 Å². The maximum atomic E-state index is 5.77. The molecular formula is C12H11ClN2O. The van der Waals surface area contributed by atoms with Crippen molar-refractivity contribution in [1.82, 2.24) is 4.98 Å². The molecule has 1 aromatic carbocycles. The number of ether oxygens (including phenoxy) is 1. The summed E-state index contributed by atoms with van der Waals surface area (Å²) in [7, 11) is 0. The van der Waals surface area contributed by atoms with Gasteiger partial charge in [0.1, 0.15) is 10.9 Å². The molecule has 16 heavy (non-hydrogen) atoms. The highest BCUT2D eigenvalue weighted by molar-refractivity contribution is 6.29. The first-order valence-corrected chi connectivity index (χ1v) is 5.19. The van der Waals surface area contributed by atoms with E-state index >= 15 is 0 Å². The van der Waals surface area contributed by atoms with Crippen molar-refractivity contribution in [3.63, 3.8) is 0 Å². The predicted molar refractivity (Wildman–Crippen MR) is 64.9 cm³/mol. The van der Waals surface area contributed by atoms with Gasteiger partial charge in [0.25, 0.3) is 0 Å². The number of nitrogens with zero attached hydrogens (tertiary/aromatic N) is 1. The predicted octanol–water partition coefficient (Wildman–Crippen LogP) is 3.42. The monoisotopic (exact) mass is 234 g/mol. The van der Waals surface area contributed by atoms with Crippen LogP contribution in [0.5, 0.6) is 11.6 Å². The van der Waals surface area contributed by atoms with Gasteiger partial charge in [-0.05, 0) is 25.1 Å². The third-order valence-corrected chi connectivity index (χ3v) is 2.23. The summed E-state index contributed by atoms with van der Waals surface area (Å²) >= 11 is 5.77. The Morgan fingerprint density at radius 3 is 2.50 bits per heavy atom. The molecule has 2 rings (SSSR count). The van der Waals surface area contributed by atoms with Crippen molar-refractivity contribution < 1.29 is 4.74 Å². The molecule has 0 unspecified atom stereocenters. The molecule has 0 fully saturated rings. The Labute approximate surface area is 98.8 Å². The number of aryl methyl sites for hydroxylation is 1. The molecule has 0 spiro atoms. The van der Waals surface area contributed by atoms with Crippen LogP contribution in [0.3, 0.4) is 0 Å². The number of nitrogens with two attached hydrogens (primary N) is 1. The highest BCUT2D eigenvalue weighted by atomic mass is 35.5.